The van der Waals surface area contributed by atoms with Gasteiger partial charge < -0.3 is 9.55 Å². The number of rotatable bonds is 3. The molecule has 0 saturated carbocycles. The number of benzene rings is 1. The first-order valence-electron chi connectivity index (χ1n) is 4.76. The summed E-state index contributed by atoms with van der Waals surface area (Å²) in [7, 11) is -0.821. The van der Waals surface area contributed by atoms with Gasteiger partial charge in [0.05, 0.1) is 16.1 Å². The maximum Gasteiger partial charge on any atom is 0.178 e. The molecule has 16 heavy (non-hydrogen) atoms. The standard InChI is InChI=1S/C10H11ClN2OS2/c1-16(14)6-5-13-8-4-2-3-7(11)9(8)12-10(13)15/h2-4H,5-6H2,1H3,(H,12,15). The van der Waals surface area contributed by atoms with E-state index in [1.165, 1.54) is 0 Å². The fraction of sp³-hybridized carbons (Fsp3) is 0.300. The Balaban J connectivity index is 2.52. The van der Waals surface area contributed by atoms with E-state index in [0.29, 0.717) is 22.1 Å². The van der Waals surface area contributed by atoms with Gasteiger partial charge in [-0.3, -0.25) is 4.21 Å². The van der Waals surface area contributed by atoms with Crippen molar-refractivity contribution >= 4 is 45.7 Å². The summed E-state index contributed by atoms with van der Waals surface area (Å²) >= 11 is 11.3. The predicted octanol–water partition coefficient (Wildman–Crippen LogP) is 2.73. The lowest BCUT2D eigenvalue weighted by atomic mass is 10.3. The number of aryl methyl sites for hydroxylation is 1. The van der Waals surface area contributed by atoms with Gasteiger partial charge in [0.25, 0.3) is 0 Å². The molecule has 1 unspecified atom stereocenters. The van der Waals surface area contributed by atoms with Gasteiger partial charge in [-0.2, -0.15) is 0 Å². The topological polar surface area (TPSA) is 37.8 Å². The fourth-order valence-corrected chi connectivity index (χ4v) is 2.54. The highest BCUT2D eigenvalue weighted by molar-refractivity contribution is 7.84. The minimum absolute atomic E-state index is 0.591. The predicted molar refractivity (Wildman–Crippen MR) is 71.1 cm³/mol. The first-order chi connectivity index (χ1) is 7.59. The van der Waals surface area contributed by atoms with E-state index in [4.69, 9.17) is 23.8 Å². The van der Waals surface area contributed by atoms with Gasteiger partial charge in [0.2, 0.25) is 0 Å². The van der Waals surface area contributed by atoms with Crippen molar-refractivity contribution in [1.29, 1.82) is 0 Å². The minimum atomic E-state index is -0.821. The average molecular weight is 275 g/mol. The number of H-pyrrole nitrogens is 1. The monoisotopic (exact) mass is 274 g/mol. The first kappa shape index (κ1) is 11.8. The van der Waals surface area contributed by atoms with Crippen molar-refractivity contribution in [3.05, 3.63) is 28.0 Å². The molecule has 1 aromatic heterocycles. The summed E-state index contributed by atoms with van der Waals surface area (Å²) < 4.78 is 13.6. The molecule has 1 heterocycles. The lowest BCUT2D eigenvalue weighted by molar-refractivity contribution is 0.678. The summed E-state index contributed by atoms with van der Waals surface area (Å²) in [5, 5.41) is 0.653. The minimum Gasteiger partial charge on any atom is -0.329 e. The van der Waals surface area contributed by atoms with Crippen LogP contribution in [-0.4, -0.2) is 25.8 Å². The molecule has 1 aromatic carbocycles. The number of hydrogen-bond acceptors (Lipinski definition) is 2. The number of aromatic nitrogens is 2. The number of fused-ring (bicyclic) bond motifs is 1. The Kier molecular flexibility index (Phi) is 3.47. The van der Waals surface area contributed by atoms with E-state index in [-0.39, 0.29) is 0 Å². The summed E-state index contributed by atoms with van der Waals surface area (Å²) in [5.74, 6) is 0.591. The van der Waals surface area contributed by atoms with Gasteiger partial charge >= 0.3 is 0 Å². The quantitative estimate of drug-likeness (QED) is 0.874. The molecule has 0 bridgehead atoms. The Labute approximate surface area is 106 Å². The largest absolute Gasteiger partial charge is 0.329 e. The molecular weight excluding hydrogens is 264 g/mol. The molecule has 0 saturated heterocycles. The molecule has 2 aromatic rings. The Morgan fingerprint density at radius 3 is 3.00 bits per heavy atom. The van der Waals surface area contributed by atoms with E-state index in [1.807, 2.05) is 22.8 Å². The van der Waals surface area contributed by atoms with Gasteiger partial charge in [0.15, 0.2) is 4.77 Å². The second-order valence-electron chi connectivity index (χ2n) is 3.49. The van der Waals surface area contributed by atoms with Crippen LogP contribution in [0.4, 0.5) is 0 Å². The normalized spacial score (nSPS) is 13.1. The summed E-state index contributed by atoms with van der Waals surface area (Å²) in [4.78, 5) is 3.07. The van der Waals surface area contributed by atoms with Crippen LogP contribution in [0.1, 0.15) is 0 Å². The van der Waals surface area contributed by atoms with E-state index in [9.17, 15) is 4.21 Å². The average Bonchev–Trinajstić information content (AvgIpc) is 2.53. The number of para-hydroxylation sites is 1. The van der Waals surface area contributed by atoms with Gasteiger partial charge in [0.1, 0.15) is 0 Å². The maximum atomic E-state index is 11.1. The molecule has 1 N–H and O–H groups in total. The van der Waals surface area contributed by atoms with Gasteiger partial charge in [-0.25, -0.2) is 0 Å². The van der Waals surface area contributed by atoms with Crippen LogP contribution in [0, 0.1) is 4.77 Å². The van der Waals surface area contributed by atoms with Crippen LogP contribution in [0.5, 0.6) is 0 Å². The molecule has 1 atom stereocenters. The number of halogens is 1. The zero-order chi connectivity index (χ0) is 11.7. The van der Waals surface area contributed by atoms with Crippen molar-refractivity contribution in [3.63, 3.8) is 0 Å². The second-order valence-corrected chi connectivity index (χ2v) is 5.84. The maximum absolute atomic E-state index is 11.1. The van der Waals surface area contributed by atoms with Crippen LogP contribution in [0.25, 0.3) is 11.0 Å². The smallest absolute Gasteiger partial charge is 0.178 e. The van der Waals surface area contributed by atoms with E-state index >= 15 is 0 Å². The van der Waals surface area contributed by atoms with E-state index in [0.717, 1.165) is 11.0 Å². The van der Waals surface area contributed by atoms with Gasteiger partial charge in [-0.15, -0.1) is 0 Å². The molecule has 0 spiro atoms. The molecule has 0 aliphatic carbocycles. The SMILES string of the molecule is CS(=O)CCn1c(=S)[nH]c2c(Cl)cccc21. The third-order valence-corrected chi connectivity index (χ3v) is 3.76. The highest BCUT2D eigenvalue weighted by Crippen LogP contribution is 2.22. The lowest BCUT2D eigenvalue weighted by Crippen LogP contribution is -2.06. The highest BCUT2D eigenvalue weighted by Gasteiger charge is 2.07. The zero-order valence-corrected chi connectivity index (χ0v) is 11.1. The number of hydrogen-bond donors (Lipinski definition) is 1. The van der Waals surface area contributed by atoms with Gasteiger partial charge in [-0.1, -0.05) is 17.7 Å². The van der Waals surface area contributed by atoms with Crippen molar-refractivity contribution < 1.29 is 4.21 Å². The fourth-order valence-electron chi connectivity index (χ4n) is 1.59. The molecule has 2 rings (SSSR count). The second kappa shape index (κ2) is 4.69. The lowest BCUT2D eigenvalue weighted by Gasteiger charge is -2.02. The van der Waals surface area contributed by atoms with Gasteiger partial charge in [0, 0.05) is 29.4 Å². The van der Waals surface area contributed by atoms with Crippen LogP contribution in [-0.2, 0) is 17.3 Å². The van der Waals surface area contributed by atoms with Crippen molar-refractivity contribution in [2.45, 2.75) is 6.54 Å². The molecule has 0 aliphatic rings. The van der Waals surface area contributed by atoms with Crippen LogP contribution in [0.15, 0.2) is 18.2 Å². The van der Waals surface area contributed by atoms with Crippen molar-refractivity contribution in [3.8, 4) is 0 Å². The highest BCUT2D eigenvalue weighted by atomic mass is 35.5. The van der Waals surface area contributed by atoms with E-state index < -0.39 is 10.8 Å². The Morgan fingerprint density at radius 2 is 2.31 bits per heavy atom. The van der Waals surface area contributed by atoms with Crippen LogP contribution in [0.2, 0.25) is 5.02 Å². The van der Waals surface area contributed by atoms with Crippen molar-refractivity contribution in [2.75, 3.05) is 12.0 Å². The van der Waals surface area contributed by atoms with Crippen molar-refractivity contribution in [1.82, 2.24) is 9.55 Å². The molecule has 0 amide bonds. The Hall–Kier alpha value is -0.650. The Morgan fingerprint density at radius 1 is 1.56 bits per heavy atom. The summed E-state index contributed by atoms with van der Waals surface area (Å²) in [6.45, 7) is 0.641. The van der Waals surface area contributed by atoms with Crippen LogP contribution < -0.4 is 0 Å². The molecule has 0 radical (unpaired) electrons. The molecule has 86 valence electrons. The molecule has 6 heteroatoms. The summed E-state index contributed by atoms with van der Waals surface area (Å²) in [6, 6.07) is 5.65. The summed E-state index contributed by atoms with van der Waals surface area (Å²) in [5.41, 5.74) is 1.80. The van der Waals surface area contributed by atoms with Crippen molar-refractivity contribution in [2.24, 2.45) is 0 Å². The molecule has 3 nitrogen and oxygen atoms in total. The number of imidazole rings is 1. The third-order valence-electron chi connectivity index (χ3n) is 2.36. The number of nitrogens with zero attached hydrogens (tertiary/aromatic N) is 1. The van der Waals surface area contributed by atoms with Gasteiger partial charge in [-0.05, 0) is 24.4 Å². The molecule has 0 aliphatic heterocycles. The number of aromatic amines is 1. The third kappa shape index (κ3) is 2.21. The van der Waals surface area contributed by atoms with E-state index in [2.05, 4.69) is 4.98 Å². The number of nitrogens with one attached hydrogen (secondary N) is 1. The van der Waals surface area contributed by atoms with E-state index in [1.54, 1.807) is 6.26 Å². The molecular formula is C10H11ClN2OS2. The summed E-state index contributed by atoms with van der Waals surface area (Å²) in [6.07, 6.45) is 1.69. The Bertz CT molecular complexity index is 602. The van der Waals surface area contributed by atoms with Crippen LogP contribution >= 0.6 is 23.8 Å². The first-order valence-corrected chi connectivity index (χ1v) is 7.28. The molecule has 0 fully saturated rings. The van der Waals surface area contributed by atoms with Crippen LogP contribution in [0.3, 0.4) is 0 Å². The zero-order valence-electron chi connectivity index (χ0n) is 8.70.